The van der Waals surface area contributed by atoms with E-state index in [1.165, 1.54) is 49.6 Å². The monoisotopic (exact) mass is 479 g/mol. The number of nitrogens with zero attached hydrogens (tertiary/aromatic N) is 3. The van der Waals surface area contributed by atoms with Crippen LogP contribution in [0.4, 0.5) is 0 Å². The predicted octanol–water partition coefficient (Wildman–Crippen LogP) is 3.47. The van der Waals surface area contributed by atoms with Crippen LogP contribution in [-0.2, 0) is 6.42 Å². The second-order valence-electron chi connectivity index (χ2n) is 6.84. The first-order valence-electron chi connectivity index (χ1n) is 9.26. The molecule has 7 heteroatoms. The number of thiazole rings is 1. The molecule has 1 aliphatic rings. The summed E-state index contributed by atoms with van der Waals surface area (Å²) >= 11 is 1.77. The molecule has 1 aliphatic heterocycles. The van der Waals surface area contributed by atoms with Crippen LogP contribution in [0, 0.1) is 0 Å². The quantitative estimate of drug-likeness (QED) is 0.357. The number of aromatic nitrogens is 1. The van der Waals surface area contributed by atoms with Crippen LogP contribution in [0.2, 0.25) is 0 Å². The van der Waals surface area contributed by atoms with Crippen molar-refractivity contribution in [1.29, 1.82) is 0 Å². The molecule has 0 atom stereocenters. The molecular weight excluding hydrogens is 445 g/mol. The van der Waals surface area contributed by atoms with Crippen LogP contribution in [-0.4, -0.2) is 55.1 Å². The second-order valence-corrected chi connectivity index (χ2v) is 7.73. The van der Waals surface area contributed by atoms with Crippen molar-refractivity contribution < 1.29 is 0 Å². The summed E-state index contributed by atoms with van der Waals surface area (Å²) in [6.07, 6.45) is 4.59. The molecule has 0 unspecified atom stereocenters. The molecule has 1 saturated heterocycles. The zero-order valence-electron chi connectivity index (χ0n) is 16.0. The van der Waals surface area contributed by atoms with Crippen molar-refractivity contribution in [3.8, 4) is 0 Å². The predicted molar refractivity (Wildman–Crippen MR) is 120 cm³/mol. The van der Waals surface area contributed by atoms with Crippen LogP contribution in [0.25, 0.3) is 0 Å². The van der Waals surface area contributed by atoms with Gasteiger partial charge in [0.25, 0.3) is 0 Å². The maximum absolute atomic E-state index is 4.69. The summed E-state index contributed by atoms with van der Waals surface area (Å²) in [6, 6.07) is 0.538. The van der Waals surface area contributed by atoms with Gasteiger partial charge in [-0.2, -0.15) is 0 Å². The molecule has 0 radical (unpaired) electrons. The van der Waals surface area contributed by atoms with Gasteiger partial charge in [-0.3, -0.25) is 4.99 Å². The van der Waals surface area contributed by atoms with Gasteiger partial charge in [0.05, 0.1) is 10.7 Å². The Hall–Kier alpha value is -0.410. The number of rotatable bonds is 7. The molecule has 1 aromatic heterocycles. The molecule has 0 amide bonds. The lowest BCUT2D eigenvalue weighted by Gasteiger charge is -2.32. The average molecular weight is 479 g/mol. The Balaban J connectivity index is 0.00000312. The number of aliphatic imine (C=N–C) groups is 1. The van der Waals surface area contributed by atoms with E-state index in [0.717, 1.165) is 18.9 Å². The summed E-state index contributed by atoms with van der Waals surface area (Å²) in [6.45, 7) is 11.1. The molecule has 1 fully saturated rings. The summed E-state index contributed by atoms with van der Waals surface area (Å²) in [5, 5.41) is 10.4. The fourth-order valence-electron chi connectivity index (χ4n) is 3.02. The normalized spacial score (nSPS) is 16.8. The lowest BCUT2D eigenvalue weighted by molar-refractivity contribution is 0.206. The zero-order chi connectivity index (χ0) is 17.4. The number of halogens is 1. The van der Waals surface area contributed by atoms with Crippen molar-refractivity contribution >= 4 is 41.3 Å². The highest BCUT2D eigenvalue weighted by molar-refractivity contribution is 14.0. The Morgan fingerprint density at radius 2 is 2.12 bits per heavy atom. The second kappa shape index (κ2) is 12.1. The van der Waals surface area contributed by atoms with E-state index in [1.807, 2.05) is 7.05 Å². The van der Waals surface area contributed by atoms with Crippen molar-refractivity contribution in [3.05, 3.63) is 16.1 Å². The minimum Gasteiger partial charge on any atom is -0.356 e. The van der Waals surface area contributed by atoms with Crippen LogP contribution in [0.1, 0.15) is 56.7 Å². The average Bonchev–Trinajstić information content (AvgIpc) is 3.05. The molecule has 0 aromatic carbocycles. The van der Waals surface area contributed by atoms with Gasteiger partial charge < -0.3 is 15.5 Å². The lowest BCUT2D eigenvalue weighted by atomic mass is 10.1. The van der Waals surface area contributed by atoms with Crippen LogP contribution in [0.5, 0.6) is 0 Å². The maximum atomic E-state index is 4.69. The smallest absolute Gasteiger partial charge is 0.191 e. The fourth-order valence-corrected chi connectivity index (χ4v) is 3.89. The van der Waals surface area contributed by atoms with E-state index in [9.17, 15) is 0 Å². The molecule has 0 saturated carbocycles. The number of hydrogen-bond donors (Lipinski definition) is 2. The van der Waals surface area contributed by atoms with Crippen LogP contribution >= 0.6 is 35.3 Å². The molecule has 144 valence electrons. The Bertz CT molecular complexity index is 509. The fraction of sp³-hybridized carbons (Fsp3) is 0.778. The van der Waals surface area contributed by atoms with Crippen molar-refractivity contribution in [1.82, 2.24) is 20.5 Å². The van der Waals surface area contributed by atoms with Crippen molar-refractivity contribution in [3.63, 3.8) is 0 Å². The molecular formula is C18H34IN5S. The molecule has 2 rings (SSSR count). The van der Waals surface area contributed by atoms with E-state index in [4.69, 9.17) is 0 Å². The van der Waals surface area contributed by atoms with Gasteiger partial charge in [-0.1, -0.05) is 20.8 Å². The Kier molecular flexibility index (Phi) is 10.9. The third kappa shape index (κ3) is 7.78. The first-order chi connectivity index (χ1) is 11.6. The van der Waals surface area contributed by atoms with Gasteiger partial charge in [0.2, 0.25) is 0 Å². The molecule has 2 N–H and O–H groups in total. The minimum atomic E-state index is 0. The van der Waals surface area contributed by atoms with Gasteiger partial charge in [0, 0.05) is 50.4 Å². The van der Waals surface area contributed by atoms with Crippen molar-refractivity contribution in [2.24, 2.45) is 4.99 Å². The van der Waals surface area contributed by atoms with Gasteiger partial charge >= 0.3 is 0 Å². The maximum Gasteiger partial charge on any atom is 0.191 e. The molecule has 0 aliphatic carbocycles. The van der Waals surface area contributed by atoms with Crippen molar-refractivity contribution in [2.45, 2.75) is 58.4 Å². The molecule has 2 heterocycles. The minimum absolute atomic E-state index is 0. The van der Waals surface area contributed by atoms with Crippen LogP contribution in [0.3, 0.4) is 0 Å². The van der Waals surface area contributed by atoms with E-state index < -0.39 is 0 Å². The third-order valence-electron chi connectivity index (χ3n) is 4.43. The van der Waals surface area contributed by atoms with Gasteiger partial charge in [0.15, 0.2) is 5.96 Å². The van der Waals surface area contributed by atoms with E-state index in [0.29, 0.717) is 12.0 Å². The Labute approximate surface area is 174 Å². The van der Waals surface area contributed by atoms with Gasteiger partial charge in [-0.25, -0.2) is 4.98 Å². The first-order valence-corrected chi connectivity index (χ1v) is 10.1. The van der Waals surface area contributed by atoms with Gasteiger partial charge in [-0.15, -0.1) is 35.3 Å². The topological polar surface area (TPSA) is 52.5 Å². The zero-order valence-corrected chi connectivity index (χ0v) is 19.2. The van der Waals surface area contributed by atoms with Crippen LogP contribution in [0.15, 0.2) is 10.4 Å². The number of guanidine groups is 1. The summed E-state index contributed by atoms with van der Waals surface area (Å²) in [7, 11) is 1.85. The number of likely N-dealkylation sites (tertiary alicyclic amines) is 1. The van der Waals surface area contributed by atoms with Gasteiger partial charge in [-0.05, 0) is 25.8 Å². The van der Waals surface area contributed by atoms with Gasteiger partial charge in [0.1, 0.15) is 0 Å². The lowest BCUT2D eigenvalue weighted by Crippen LogP contribution is -2.49. The van der Waals surface area contributed by atoms with Crippen LogP contribution < -0.4 is 10.6 Å². The Morgan fingerprint density at radius 3 is 2.68 bits per heavy atom. The number of hydrogen-bond acceptors (Lipinski definition) is 4. The highest BCUT2D eigenvalue weighted by Gasteiger charge is 2.19. The standard InChI is InChI=1S/C18H33N5S.HI/c1-5-10-23-11-7-15(8-12-23)22-18(19-4)20-9-6-16-13-24-17(21-16)14(2)3;/h13-15H,5-12H2,1-4H3,(H2,19,20,22);1H. The summed E-state index contributed by atoms with van der Waals surface area (Å²) in [4.78, 5) is 11.6. The number of piperidine rings is 1. The highest BCUT2D eigenvalue weighted by atomic mass is 127. The summed E-state index contributed by atoms with van der Waals surface area (Å²) in [5.74, 6) is 1.44. The molecule has 0 bridgehead atoms. The summed E-state index contributed by atoms with van der Waals surface area (Å²) in [5.41, 5.74) is 1.18. The molecule has 1 aromatic rings. The van der Waals surface area contributed by atoms with E-state index >= 15 is 0 Å². The van der Waals surface area contributed by atoms with Crippen molar-refractivity contribution in [2.75, 3.05) is 33.2 Å². The van der Waals surface area contributed by atoms with E-state index in [2.05, 4.69) is 51.7 Å². The number of nitrogens with one attached hydrogen (secondary N) is 2. The highest BCUT2D eigenvalue weighted by Crippen LogP contribution is 2.19. The molecule has 25 heavy (non-hydrogen) atoms. The van der Waals surface area contributed by atoms with E-state index in [1.54, 1.807) is 11.3 Å². The van der Waals surface area contributed by atoms with E-state index in [-0.39, 0.29) is 24.0 Å². The summed E-state index contributed by atoms with van der Waals surface area (Å²) < 4.78 is 0. The first kappa shape index (κ1) is 22.6. The largest absolute Gasteiger partial charge is 0.356 e. The molecule has 0 spiro atoms. The Morgan fingerprint density at radius 1 is 1.40 bits per heavy atom. The third-order valence-corrected chi connectivity index (χ3v) is 5.62. The SMILES string of the molecule is CCCN1CCC(NC(=NC)NCCc2csc(C(C)C)n2)CC1.I. The molecule has 5 nitrogen and oxygen atoms in total.